The molecule has 160 valence electrons. The zero-order valence-corrected chi connectivity index (χ0v) is 16.4. The number of benzene rings is 2. The molecule has 1 aromatic heterocycles. The third kappa shape index (κ3) is 4.73. The van der Waals surface area contributed by atoms with Gasteiger partial charge in [0.2, 0.25) is 0 Å². The molecule has 2 heterocycles. The van der Waals surface area contributed by atoms with Crippen molar-refractivity contribution in [1.29, 1.82) is 0 Å². The number of hydrogen-bond donors (Lipinski definition) is 2. The second kappa shape index (κ2) is 9.00. The number of aromatic nitrogens is 1. The highest BCUT2D eigenvalue weighted by molar-refractivity contribution is 6.16. The molecule has 0 bridgehead atoms. The number of anilines is 1. The topological polar surface area (TPSA) is 131 Å². The van der Waals surface area contributed by atoms with Gasteiger partial charge in [-0.25, -0.2) is 19.7 Å². The SMILES string of the molecule is O=C(Nc1cccc(F)c1)ONC1=Nc2ccc([N+](=O)[O-])cc2C(c2ccccn2)=NC1. The summed E-state index contributed by atoms with van der Waals surface area (Å²) in [5.74, 6) is -0.327. The quantitative estimate of drug-likeness (QED) is 0.477. The number of non-ortho nitro benzene ring substituents is 1. The van der Waals surface area contributed by atoms with Crippen LogP contribution in [-0.4, -0.2) is 34.1 Å². The smallest absolute Gasteiger partial charge is 0.323 e. The van der Waals surface area contributed by atoms with Gasteiger partial charge in [0.25, 0.3) is 5.69 Å². The van der Waals surface area contributed by atoms with Gasteiger partial charge < -0.3 is 4.84 Å². The molecule has 11 heteroatoms. The van der Waals surface area contributed by atoms with E-state index in [1.807, 2.05) is 0 Å². The molecule has 10 nitrogen and oxygen atoms in total. The first-order valence-corrected chi connectivity index (χ1v) is 9.31. The maximum atomic E-state index is 13.2. The van der Waals surface area contributed by atoms with Crippen molar-refractivity contribution in [2.24, 2.45) is 9.98 Å². The Bertz CT molecular complexity index is 1250. The van der Waals surface area contributed by atoms with Gasteiger partial charge in [0, 0.05) is 29.6 Å². The maximum absolute atomic E-state index is 13.2. The minimum Gasteiger partial charge on any atom is -0.323 e. The lowest BCUT2D eigenvalue weighted by atomic mass is 10.0. The molecular formula is C21H15FN6O4. The van der Waals surface area contributed by atoms with Gasteiger partial charge in [0.1, 0.15) is 12.4 Å². The number of rotatable bonds is 3. The van der Waals surface area contributed by atoms with E-state index in [0.717, 1.165) is 6.07 Å². The fraction of sp³-hybridized carbons (Fsp3) is 0.0476. The molecule has 1 aliphatic rings. The lowest BCUT2D eigenvalue weighted by molar-refractivity contribution is -0.384. The van der Waals surface area contributed by atoms with Crippen molar-refractivity contribution in [3.8, 4) is 0 Å². The highest BCUT2D eigenvalue weighted by Gasteiger charge is 2.21. The minimum absolute atomic E-state index is 0.0123. The van der Waals surface area contributed by atoms with E-state index in [0.29, 0.717) is 22.7 Å². The van der Waals surface area contributed by atoms with Crippen LogP contribution in [-0.2, 0) is 4.84 Å². The van der Waals surface area contributed by atoms with Crippen LogP contribution < -0.4 is 10.8 Å². The van der Waals surface area contributed by atoms with Gasteiger partial charge in [0.05, 0.1) is 22.0 Å². The monoisotopic (exact) mass is 434 g/mol. The Labute approximate surface area is 180 Å². The van der Waals surface area contributed by atoms with Crippen molar-refractivity contribution >= 4 is 34.7 Å². The number of nitrogens with zero attached hydrogens (tertiary/aromatic N) is 4. The van der Waals surface area contributed by atoms with E-state index < -0.39 is 16.8 Å². The van der Waals surface area contributed by atoms with E-state index in [-0.39, 0.29) is 23.8 Å². The molecule has 0 spiro atoms. The lowest BCUT2D eigenvalue weighted by Gasteiger charge is -2.09. The average molecular weight is 434 g/mol. The van der Waals surface area contributed by atoms with Crippen LogP contribution in [0.1, 0.15) is 11.3 Å². The maximum Gasteiger partial charge on any atom is 0.435 e. The molecule has 0 radical (unpaired) electrons. The van der Waals surface area contributed by atoms with Crippen LogP contribution in [0.25, 0.3) is 0 Å². The molecule has 0 saturated heterocycles. The molecule has 0 saturated carbocycles. The summed E-state index contributed by atoms with van der Waals surface area (Å²) in [6.07, 6.45) is 0.694. The number of nitro groups is 1. The summed E-state index contributed by atoms with van der Waals surface area (Å²) in [5, 5.41) is 13.6. The van der Waals surface area contributed by atoms with Crippen LogP contribution in [0.4, 0.5) is 26.2 Å². The average Bonchev–Trinajstić information content (AvgIpc) is 2.97. The fourth-order valence-corrected chi connectivity index (χ4v) is 2.94. The molecule has 1 aliphatic heterocycles. The molecule has 4 rings (SSSR count). The molecule has 0 atom stereocenters. The Hall–Kier alpha value is -4.67. The Morgan fingerprint density at radius 3 is 2.75 bits per heavy atom. The molecule has 0 unspecified atom stereocenters. The number of hydrogen-bond acceptors (Lipinski definition) is 8. The first kappa shape index (κ1) is 20.6. The molecule has 0 aliphatic carbocycles. The number of fused-ring (bicyclic) bond motifs is 1. The van der Waals surface area contributed by atoms with E-state index in [1.165, 1.54) is 36.4 Å². The number of nitro benzene ring substituents is 1. The van der Waals surface area contributed by atoms with Crippen molar-refractivity contribution in [1.82, 2.24) is 10.5 Å². The van der Waals surface area contributed by atoms with Crippen LogP contribution >= 0.6 is 0 Å². The first-order chi connectivity index (χ1) is 15.5. The molecule has 2 N–H and O–H groups in total. The second-order valence-corrected chi connectivity index (χ2v) is 6.52. The predicted molar refractivity (Wildman–Crippen MR) is 115 cm³/mol. The van der Waals surface area contributed by atoms with Crippen LogP contribution in [0.2, 0.25) is 0 Å². The van der Waals surface area contributed by atoms with Gasteiger partial charge in [-0.3, -0.25) is 25.4 Å². The largest absolute Gasteiger partial charge is 0.435 e. The van der Waals surface area contributed by atoms with Crippen molar-refractivity contribution in [3.63, 3.8) is 0 Å². The van der Waals surface area contributed by atoms with Crippen molar-refractivity contribution < 1.29 is 18.9 Å². The third-order valence-corrected chi connectivity index (χ3v) is 4.33. The number of halogens is 1. The number of amidine groups is 1. The summed E-state index contributed by atoms with van der Waals surface area (Å²) in [6, 6.07) is 14.7. The Kier molecular flexibility index (Phi) is 5.79. The van der Waals surface area contributed by atoms with E-state index >= 15 is 0 Å². The Morgan fingerprint density at radius 2 is 2.00 bits per heavy atom. The number of hydroxylamine groups is 1. The summed E-state index contributed by atoms with van der Waals surface area (Å²) >= 11 is 0. The van der Waals surface area contributed by atoms with Crippen LogP contribution in [0.5, 0.6) is 0 Å². The predicted octanol–water partition coefficient (Wildman–Crippen LogP) is 3.76. The molecular weight excluding hydrogens is 419 g/mol. The lowest BCUT2D eigenvalue weighted by Crippen LogP contribution is -2.31. The highest BCUT2D eigenvalue weighted by atomic mass is 19.1. The number of carbonyl (C=O) groups excluding carboxylic acids is 1. The van der Waals surface area contributed by atoms with Gasteiger partial charge in [-0.2, -0.15) is 0 Å². The van der Waals surface area contributed by atoms with Gasteiger partial charge in [-0.05, 0) is 36.4 Å². The number of pyridine rings is 1. The zero-order chi connectivity index (χ0) is 22.5. The van der Waals surface area contributed by atoms with Crippen LogP contribution in [0, 0.1) is 15.9 Å². The highest BCUT2D eigenvalue weighted by Crippen LogP contribution is 2.28. The van der Waals surface area contributed by atoms with Crippen molar-refractivity contribution in [2.75, 3.05) is 11.9 Å². The third-order valence-electron chi connectivity index (χ3n) is 4.33. The van der Waals surface area contributed by atoms with Gasteiger partial charge >= 0.3 is 6.09 Å². The van der Waals surface area contributed by atoms with Gasteiger partial charge in [-0.15, -0.1) is 0 Å². The molecule has 32 heavy (non-hydrogen) atoms. The van der Waals surface area contributed by atoms with Crippen LogP contribution in [0.3, 0.4) is 0 Å². The molecule has 3 aromatic rings. The summed E-state index contributed by atoms with van der Waals surface area (Å²) in [5.41, 5.74) is 4.24. The Balaban J connectivity index is 1.57. The second-order valence-electron chi connectivity index (χ2n) is 6.52. The summed E-state index contributed by atoms with van der Waals surface area (Å²) < 4.78 is 13.2. The van der Waals surface area contributed by atoms with E-state index in [9.17, 15) is 19.3 Å². The van der Waals surface area contributed by atoms with Gasteiger partial charge in [0.15, 0.2) is 5.84 Å². The fourth-order valence-electron chi connectivity index (χ4n) is 2.94. The molecule has 0 fully saturated rings. The van der Waals surface area contributed by atoms with Crippen LogP contribution in [0.15, 0.2) is 76.8 Å². The van der Waals surface area contributed by atoms with E-state index in [4.69, 9.17) is 4.84 Å². The Morgan fingerprint density at radius 1 is 1.12 bits per heavy atom. The summed E-state index contributed by atoms with van der Waals surface area (Å²) in [7, 11) is 0. The number of carbonyl (C=O) groups is 1. The number of nitrogens with one attached hydrogen (secondary N) is 2. The van der Waals surface area contributed by atoms with Crippen molar-refractivity contribution in [2.45, 2.75) is 0 Å². The summed E-state index contributed by atoms with van der Waals surface area (Å²) in [4.78, 5) is 40.8. The number of amides is 1. The minimum atomic E-state index is -0.889. The standard InChI is InChI=1S/C21H15FN6O4/c22-13-4-3-5-14(10-13)25-21(29)32-27-19-12-24-20(18-6-1-2-9-23-18)16-11-15(28(30)31)7-8-17(16)26-19/h1-11H,12H2,(H,25,29)(H,26,27). The molecule has 1 amide bonds. The van der Waals surface area contributed by atoms with E-state index in [1.54, 1.807) is 24.4 Å². The number of aliphatic imine (C=N–C) groups is 2. The zero-order valence-electron chi connectivity index (χ0n) is 16.4. The molecule has 2 aromatic carbocycles. The van der Waals surface area contributed by atoms with Crippen molar-refractivity contribution in [3.05, 3.63) is 94.0 Å². The normalized spacial score (nSPS) is 12.5. The van der Waals surface area contributed by atoms with Gasteiger partial charge in [-0.1, -0.05) is 12.1 Å². The van der Waals surface area contributed by atoms with E-state index in [2.05, 4.69) is 25.8 Å². The summed E-state index contributed by atoms with van der Waals surface area (Å²) in [6.45, 7) is -0.0123. The first-order valence-electron chi connectivity index (χ1n) is 9.31.